The zero-order valence-electron chi connectivity index (χ0n) is 8.77. The fourth-order valence-electron chi connectivity index (χ4n) is 1.24. The molecule has 1 aromatic rings. The fraction of sp³-hybridized carbons (Fsp3) is 0.556. The van der Waals surface area contributed by atoms with Gasteiger partial charge in [0.05, 0.1) is 5.75 Å². The summed E-state index contributed by atoms with van der Waals surface area (Å²) in [5.41, 5.74) is 0. The Kier molecular flexibility index (Phi) is 3.03. The van der Waals surface area contributed by atoms with E-state index in [-0.39, 0.29) is 10.9 Å². The highest BCUT2D eigenvalue weighted by atomic mass is 35.5. The first-order chi connectivity index (χ1) is 7.49. The standard InChI is InChI=1S/C9H12ClN3O2S/c1-6(10)4-5-16(14,15)9-11-8(12-13-9)7-2-3-7/h4,7H,2-3,5H2,1H3,(H,11,12,13)/b6-4-. The van der Waals surface area contributed by atoms with Crippen LogP contribution >= 0.6 is 11.6 Å². The lowest BCUT2D eigenvalue weighted by atomic mass is 10.4. The average molecular weight is 262 g/mol. The van der Waals surface area contributed by atoms with Crippen LogP contribution in [0.25, 0.3) is 0 Å². The summed E-state index contributed by atoms with van der Waals surface area (Å²) in [4.78, 5) is 3.99. The van der Waals surface area contributed by atoms with Crippen LogP contribution in [0, 0.1) is 0 Å². The minimum Gasteiger partial charge on any atom is -0.262 e. The Labute approximate surface area is 98.8 Å². The number of halogens is 1. The third kappa shape index (κ3) is 2.62. The third-order valence-corrected chi connectivity index (χ3v) is 3.81. The predicted octanol–water partition coefficient (Wildman–Crippen LogP) is 1.60. The first kappa shape index (κ1) is 11.6. The van der Waals surface area contributed by atoms with Crippen molar-refractivity contribution < 1.29 is 8.42 Å². The van der Waals surface area contributed by atoms with Crippen LogP contribution in [0.3, 0.4) is 0 Å². The summed E-state index contributed by atoms with van der Waals surface area (Å²) in [7, 11) is -3.45. The van der Waals surface area contributed by atoms with Gasteiger partial charge in [-0.3, -0.25) is 5.10 Å². The van der Waals surface area contributed by atoms with E-state index in [0.717, 1.165) is 12.8 Å². The number of H-pyrrole nitrogens is 1. The Bertz CT molecular complexity index is 513. The predicted molar refractivity (Wildman–Crippen MR) is 60.0 cm³/mol. The summed E-state index contributed by atoms with van der Waals surface area (Å²) in [5, 5.41) is 6.71. The van der Waals surface area contributed by atoms with Crippen molar-refractivity contribution in [3.05, 3.63) is 16.9 Å². The molecule has 1 aromatic heterocycles. The Balaban J connectivity index is 2.18. The second-order valence-electron chi connectivity index (χ2n) is 3.85. The first-order valence-electron chi connectivity index (χ1n) is 4.96. The zero-order chi connectivity index (χ0) is 11.8. The van der Waals surface area contributed by atoms with E-state index in [0.29, 0.717) is 16.8 Å². The van der Waals surface area contributed by atoms with Gasteiger partial charge in [-0.05, 0) is 19.8 Å². The average Bonchev–Trinajstić information content (AvgIpc) is 2.93. The van der Waals surface area contributed by atoms with Gasteiger partial charge in [-0.15, -0.1) is 5.10 Å². The lowest BCUT2D eigenvalue weighted by Gasteiger charge is -1.94. The molecule has 0 atom stereocenters. The van der Waals surface area contributed by atoms with E-state index in [1.54, 1.807) is 6.92 Å². The zero-order valence-corrected chi connectivity index (χ0v) is 10.3. The number of hydrogen-bond donors (Lipinski definition) is 1. The molecule has 1 fully saturated rings. The van der Waals surface area contributed by atoms with Gasteiger partial charge in [0.2, 0.25) is 9.84 Å². The van der Waals surface area contributed by atoms with Crippen LogP contribution in [0.5, 0.6) is 0 Å². The largest absolute Gasteiger partial charge is 0.267 e. The van der Waals surface area contributed by atoms with E-state index in [9.17, 15) is 8.42 Å². The number of allylic oxidation sites excluding steroid dienone is 1. The number of hydrogen-bond acceptors (Lipinski definition) is 4. The van der Waals surface area contributed by atoms with Crippen molar-refractivity contribution in [3.8, 4) is 0 Å². The molecule has 1 saturated carbocycles. The quantitative estimate of drug-likeness (QED) is 0.893. The van der Waals surface area contributed by atoms with Gasteiger partial charge in [0, 0.05) is 11.0 Å². The first-order valence-corrected chi connectivity index (χ1v) is 6.99. The molecule has 16 heavy (non-hydrogen) atoms. The molecule has 1 heterocycles. The maximum atomic E-state index is 11.7. The van der Waals surface area contributed by atoms with Gasteiger partial charge in [0.1, 0.15) is 5.82 Å². The van der Waals surface area contributed by atoms with Crippen LogP contribution in [0.1, 0.15) is 31.5 Å². The second kappa shape index (κ2) is 4.18. The van der Waals surface area contributed by atoms with Crippen molar-refractivity contribution in [3.63, 3.8) is 0 Å². The molecule has 0 aliphatic heterocycles. The van der Waals surface area contributed by atoms with E-state index >= 15 is 0 Å². The monoisotopic (exact) mass is 261 g/mol. The van der Waals surface area contributed by atoms with E-state index in [1.165, 1.54) is 6.08 Å². The highest BCUT2D eigenvalue weighted by Crippen LogP contribution is 2.37. The molecule has 0 spiro atoms. The minimum atomic E-state index is -3.45. The molecule has 0 amide bonds. The van der Waals surface area contributed by atoms with Crippen molar-refractivity contribution in [2.45, 2.75) is 30.8 Å². The van der Waals surface area contributed by atoms with E-state index in [4.69, 9.17) is 11.6 Å². The molecule has 0 aromatic carbocycles. The minimum absolute atomic E-state index is 0.136. The SMILES string of the molecule is C/C(Cl)=C/CS(=O)(=O)c1n[nH]c(C2CC2)n1. The smallest absolute Gasteiger partial charge is 0.262 e. The van der Waals surface area contributed by atoms with Crippen molar-refractivity contribution in [1.82, 2.24) is 15.2 Å². The molecule has 0 radical (unpaired) electrons. The summed E-state index contributed by atoms with van der Waals surface area (Å²) in [6, 6.07) is 0. The highest BCUT2D eigenvalue weighted by Gasteiger charge is 2.29. The number of rotatable bonds is 4. The van der Waals surface area contributed by atoms with Gasteiger partial charge in [-0.1, -0.05) is 17.7 Å². The molecule has 7 heteroatoms. The number of aromatic nitrogens is 3. The summed E-state index contributed by atoms with van der Waals surface area (Å²) in [5.74, 6) is 0.872. The Hall–Kier alpha value is -0.880. The van der Waals surface area contributed by atoms with Gasteiger partial charge in [0.15, 0.2) is 0 Å². The second-order valence-corrected chi connectivity index (χ2v) is 6.37. The lowest BCUT2D eigenvalue weighted by Crippen LogP contribution is -2.07. The molecular formula is C9H12ClN3O2S. The van der Waals surface area contributed by atoms with E-state index < -0.39 is 9.84 Å². The highest BCUT2D eigenvalue weighted by molar-refractivity contribution is 7.91. The number of nitrogens with zero attached hydrogens (tertiary/aromatic N) is 2. The third-order valence-electron chi connectivity index (χ3n) is 2.31. The number of aromatic amines is 1. The van der Waals surface area contributed by atoms with Crippen molar-refractivity contribution in [2.75, 3.05) is 5.75 Å². The Morgan fingerprint density at radius 1 is 1.62 bits per heavy atom. The maximum absolute atomic E-state index is 11.7. The molecule has 1 N–H and O–H groups in total. The van der Waals surface area contributed by atoms with Crippen LogP contribution in [-0.2, 0) is 9.84 Å². The van der Waals surface area contributed by atoms with Gasteiger partial charge in [-0.2, -0.15) is 0 Å². The van der Waals surface area contributed by atoms with Gasteiger partial charge in [0.25, 0.3) is 5.16 Å². The van der Waals surface area contributed by atoms with Crippen LogP contribution < -0.4 is 0 Å². The number of sulfone groups is 1. The molecule has 0 unspecified atom stereocenters. The molecular weight excluding hydrogens is 250 g/mol. The van der Waals surface area contributed by atoms with Gasteiger partial charge < -0.3 is 0 Å². The van der Waals surface area contributed by atoms with Crippen LogP contribution in [0.4, 0.5) is 0 Å². The molecule has 5 nitrogen and oxygen atoms in total. The lowest BCUT2D eigenvalue weighted by molar-refractivity contribution is 0.590. The normalized spacial score (nSPS) is 17.8. The Morgan fingerprint density at radius 3 is 2.88 bits per heavy atom. The molecule has 0 saturated heterocycles. The molecule has 1 aliphatic carbocycles. The van der Waals surface area contributed by atoms with Crippen LogP contribution in [-0.4, -0.2) is 29.4 Å². The fourth-order valence-corrected chi connectivity index (χ4v) is 2.44. The summed E-state index contributed by atoms with van der Waals surface area (Å²) in [6.45, 7) is 1.63. The van der Waals surface area contributed by atoms with Crippen molar-refractivity contribution >= 4 is 21.4 Å². The van der Waals surface area contributed by atoms with E-state index in [1.807, 2.05) is 0 Å². The van der Waals surface area contributed by atoms with Crippen LogP contribution in [0.15, 0.2) is 16.3 Å². The Morgan fingerprint density at radius 2 is 2.31 bits per heavy atom. The van der Waals surface area contributed by atoms with E-state index in [2.05, 4.69) is 15.2 Å². The number of nitrogens with one attached hydrogen (secondary N) is 1. The van der Waals surface area contributed by atoms with Crippen molar-refractivity contribution in [2.24, 2.45) is 0 Å². The molecule has 0 bridgehead atoms. The van der Waals surface area contributed by atoms with Gasteiger partial charge in [-0.25, -0.2) is 13.4 Å². The summed E-state index contributed by atoms with van der Waals surface area (Å²) < 4.78 is 23.5. The molecule has 88 valence electrons. The summed E-state index contributed by atoms with van der Waals surface area (Å²) >= 11 is 5.58. The summed E-state index contributed by atoms with van der Waals surface area (Å²) in [6.07, 6.45) is 3.54. The maximum Gasteiger partial charge on any atom is 0.267 e. The van der Waals surface area contributed by atoms with Crippen molar-refractivity contribution in [1.29, 1.82) is 0 Å². The van der Waals surface area contributed by atoms with Crippen LogP contribution in [0.2, 0.25) is 0 Å². The van der Waals surface area contributed by atoms with Gasteiger partial charge >= 0.3 is 0 Å². The molecule has 1 aliphatic rings. The molecule has 2 rings (SSSR count). The topological polar surface area (TPSA) is 75.7 Å².